The molecule has 1 aliphatic heterocycles. The van der Waals surface area contributed by atoms with Gasteiger partial charge in [-0.1, -0.05) is 32.9 Å². The van der Waals surface area contributed by atoms with Gasteiger partial charge in [0.1, 0.15) is 6.23 Å². The summed E-state index contributed by atoms with van der Waals surface area (Å²) < 4.78 is 0. The van der Waals surface area contributed by atoms with Crippen LogP contribution in [0.4, 0.5) is 5.69 Å². The molecule has 2 nitrogen and oxygen atoms in total. The minimum Gasteiger partial charge on any atom is -0.374 e. The lowest BCUT2D eigenvalue weighted by molar-refractivity contribution is 0.201. The van der Waals surface area contributed by atoms with Crippen molar-refractivity contribution in [3.8, 4) is 0 Å². The van der Waals surface area contributed by atoms with Crippen LogP contribution in [0.5, 0.6) is 0 Å². The molecule has 2 heteroatoms. The lowest BCUT2D eigenvalue weighted by Gasteiger charge is -2.24. The summed E-state index contributed by atoms with van der Waals surface area (Å²) >= 11 is 0. The van der Waals surface area contributed by atoms with E-state index in [1.807, 2.05) is 6.07 Å². The maximum Gasteiger partial charge on any atom is 0.125 e. The number of hydrogen-bond acceptors (Lipinski definition) is 2. The second kappa shape index (κ2) is 4.10. The van der Waals surface area contributed by atoms with E-state index in [0.717, 1.165) is 17.7 Å². The summed E-state index contributed by atoms with van der Waals surface area (Å²) in [4.78, 5) is 0. The molecule has 0 saturated heterocycles. The van der Waals surface area contributed by atoms with Crippen LogP contribution in [0.1, 0.15) is 38.3 Å². The topological polar surface area (TPSA) is 32.3 Å². The molecule has 0 saturated carbocycles. The number of rotatable bonds is 1. The highest BCUT2D eigenvalue weighted by molar-refractivity contribution is 5.58. The number of fused-ring (bicyclic) bond motifs is 1. The molecular weight excluding hydrogens is 198 g/mol. The molecule has 1 aliphatic rings. The number of anilines is 1. The lowest BCUT2D eigenvalue weighted by atomic mass is 9.87. The standard InChI is InChI=1S/C14H19NO/c1-14(2,3)9-10-4-6-12-11(8-10)5-7-13(16)15-12/h4,6,8,13,15-16H,7,9H2,1-3H3. The van der Waals surface area contributed by atoms with Gasteiger partial charge in [-0.2, -0.15) is 0 Å². The number of nitrogens with one attached hydrogen (secondary N) is 1. The van der Waals surface area contributed by atoms with Crippen molar-refractivity contribution in [1.82, 2.24) is 0 Å². The fraction of sp³-hybridized carbons (Fsp3) is 0.500. The van der Waals surface area contributed by atoms with Crippen molar-refractivity contribution >= 4 is 5.69 Å². The Labute approximate surface area is 97.7 Å². The van der Waals surface area contributed by atoms with Gasteiger partial charge in [-0.15, -0.1) is 0 Å². The van der Waals surface area contributed by atoms with Gasteiger partial charge in [-0.05, 0) is 29.0 Å². The fourth-order valence-electron chi connectivity index (χ4n) is 2.02. The van der Waals surface area contributed by atoms with E-state index in [-0.39, 0.29) is 0 Å². The summed E-state index contributed by atoms with van der Waals surface area (Å²) in [7, 11) is 0. The molecule has 0 aromatic heterocycles. The Hall–Kier alpha value is -1.02. The third-order valence-electron chi connectivity index (χ3n) is 2.63. The van der Waals surface area contributed by atoms with E-state index in [1.54, 1.807) is 0 Å². The van der Waals surface area contributed by atoms with Crippen LogP contribution in [0.15, 0.2) is 18.2 Å². The fourth-order valence-corrected chi connectivity index (χ4v) is 2.02. The molecule has 0 spiro atoms. The van der Waals surface area contributed by atoms with Gasteiger partial charge in [0.25, 0.3) is 0 Å². The maximum atomic E-state index is 9.44. The van der Waals surface area contributed by atoms with E-state index < -0.39 is 6.23 Å². The van der Waals surface area contributed by atoms with Crippen LogP contribution >= 0.6 is 0 Å². The molecule has 2 radical (unpaired) electrons. The van der Waals surface area contributed by atoms with Crippen LogP contribution in [0.2, 0.25) is 0 Å². The van der Waals surface area contributed by atoms with Crippen molar-refractivity contribution in [1.29, 1.82) is 0 Å². The normalized spacial score (nSPS) is 20.1. The molecule has 2 N–H and O–H groups in total. The Kier molecular flexibility index (Phi) is 2.94. The Morgan fingerprint density at radius 3 is 2.88 bits per heavy atom. The van der Waals surface area contributed by atoms with Gasteiger partial charge in [-0.25, -0.2) is 0 Å². The first-order valence-corrected chi connectivity index (χ1v) is 5.75. The molecule has 1 atom stereocenters. The van der Waals surface area contributed by atoms with E-state index in [0.29, 0.717) is 11.8 Å². The minimum atomic E-state index is -0.485. The summed E-state index contributed by atoms with van der Waals surface area (Å²) in [6, 6.07) is 6.32. The Balaban J connectivity index is 2.20. The van der Waals surface area contributed by atoms with E-state index in [2.05, 4.69) is 44.6 Å². The van der Waals surface area contributed by atoms with Gasteiger partial charge >= 0.3 is 0 Å². The van der Waals surface area contributed by atoms with Crippen LogP contribution in [-0.2, 0) is 6.42 Å². The highest BCUT2D eigenvalue weighted by Crippen LogP contribution is 2.29. The van der Waals surface area contributed by atoms with Gasteiger partial charge in [-0.3, -0.25) is 0 Å². The van der Waals surface area contributed by atoms with Crippen molar-refractivity contribution in [2.45, 2.75) is 39.8 Å². The highest BCUT2D eigenvalue weighted by atomic mass is 16.3. The van der Waals surface area contributed by atoms with E-state index in [1.165, 1.54) is 5.56 Å². The average Bonchev–Trinajstić information content (AvgIpc) is 2.16. The van der Waals surface area contributed by atoms with Gasteiger partial charge < -0.3 is 10.4 Å². The molecule has 1 aromatic carbocycles. The average molecular weight is 217 g/mol. The largest absolute Gasteiger partial charge is 0.374 e. The third-order valence-corrected chi connectivity index (χ3v) is 2.63. The van der Waals surface area contributed by atoms with Crippen LogP contribution in [0, 0.1) is 11.8 Å². The summed E-state index contributed by atoms with van der Waals surface area (Å²) in [5.41, 5.74) is 3.70. The van der Waals surface area contributed by atoms with Crippen LogP contribution in [-0.4, -0.2) is 11.3 Å². The van der Waals surface area contributed by atoms with Gasteiger partial charge in [0.15, 0.2) is 0 Å². The monoisotopic (exact) mass is 217 g/mol. The van der Waals surface area contributed by atoms with E-state index in [9.17, 15) is 5.11 Å². The molecule has 1 unspecified atom stereocenters. The number of aliphatic hydroxyl groups excluding tert-OH is 1. The van der Waals surface area contributed by atoms with Crippen molar-refractivity contribution in [3.63, 3.8) is 0 Å². The number of hydrogen-bond donors (Lipinski definition) is 2. The summed E-state index contributed by atoms with van der Waals surface area (Å²) in [5.74, 6) is 0. The second-order valence-electron chi connectivity index (χ2n) is 5.66. The summed E-state index contributed by atoms with van der Waals surface area (Å²) in [5, 5.41) is 12.5. The molecule has 2 rings (SSSR count). The first-order chi connectivity index (χ1) is 7.44. The van der Waals surface area contributed by atoms with E-state index >= 15 is 0 Å². The van der Waals surface area contributed by atoms with Gasteiger partial charge in [0.05, 0.1) is 0 Å². The molecule has 1 aromatic rings. The zero-order valence-corrected chi connectivity index (χ0v) is 10.2. The summed E-state index contributed by atoms with van der Waals surface area (Å²) in [6.07, 6.45) is 4.36. The molecule has 0 fully saturated rings. The van der Waals surface area contributed by atoms with Crippen molar-refractivity contribution in [2.75, 3.05) is 5.32 Å². The van der Waals surface area contributed by atoms with Crippen LogP contribution in [0.25, 0.3) is 0 Å². The van der Waals surface area contributed by atoms with Crippen LogP contribution in [0.3, 0.4) is 0 Å². The lowest BCUT2D eigenvalue weighted by Crippen LogP contribution is -2.23. The van der Waals surface area contributed by atoms with Crippen molar-refractivity contribution < 1.29 is 5.11 Å². The molecular formula is C14H19NO. The molecule has 0 amide bonds. The Morgan fingerprint density at radius 1 is 1.44 bits per heavy atom. The number of benzene rings is 1. The zero-order valence-electron chi connectivity index (χ0n) is 10.2. The van der Waals surface area contributed by atoms with Crippen LogP contribution < -0.4 is 5.32 Å². The maximum absolute atomic E-state index is 9.44. The summed E-state index contributed by atoms with van der Waals surface area (Å²) in [6.45, 7) is 6.71. The van der Waals surface area contributed by atoms with Gasteiger partial charge in [0.2, 0.25) is 0 Å². The molecule has 86 valence electrons. The van der Waals surface area contributed by atoms with E-state index in [4.69, 9.17) is 0 Å². The molecule has 0 bridgehead atoms. The van der Waals surface area contributed by atoms with Gasteiger partial charge in [0, 0.05) is 18.5 Å². The first-order valence-electron chi connectivity index (χ1n) is 5.75. The predicted octanol–water partition coefficient (Wildman–Crippen LogP) is 2.84. The molecule has 1 heterocycles. The number of aliphatic hydroxyl groups is 1. The minimum absolute atomic E-state index is 0.301. The van der Waals surface area contributed by atoms with Crippen molar-refractivity contribution in [2.24, 2.45) is 5.41 Å². The zero-order chi connectivity index (χ0) is 11.8. The predicted molar refractivity (Wildman–Crippen MR) is 66.2 cm³/mol. The first kappa shape index (κ1) is 11.5. The Morgan fingerprint density at radius 2 is 2.19 bits per heavy atom. The smallest absolute Gasteiger partial charge is 0.125 e. The highest BCUT2D eigenvalue weighted by Gasteiger charge is 2.17. The SMILES string of the molecule is CC(C)(C)Cc1ccc2c(c1)[C]CC(O)N2. The Bertz CT molecular complexity index is 379. The quantitative estimate of drug-likeness (QED) is 0.758. The molecule has 0 aliphatic carbocycles. The molecule has 16 heavy (non-hydrogen) atoms. The second-order valence-corrected chi connectivity index (χ2v) is 5.66. The third kappa shape index (κ3) is 2.76. The van der Waals surface area contributed by atoms with Crippen molar-refractivity contribution in [3.05, 3.63) is 35.7 Å².